The molecule has 3 rings (SSSR count). The zero-order valence-corrected chi connectivity index (χ0v) is 16.5. The summed E-state index contributed by atoms with van der Waals surface area (Å²) in [7, 11) is 0. The molecule has 3 aromatic rings. The van der Waals surface area contributed by atoms with Crippen LogP contribution in [0.3, 0.4) is 0 Å². The maximum Gasteiger partial charge on any atom is 0.266 e. The first-order valence-corrected chi connectivity index (χ1v) is 9.32. The molecule has 4 nitrogen and oxygen atoms in total. The molecule has 1 N–H and O–H groups in total. The molecule has 29 heavy (non-hydrogen) atoms. The van der Waals surface area contributed by atoms with Crippen molar-refractivity contribution in [3.63, 3.8) is 0 Å². The van der Waals surface area contributed by atoms with Gasteiger partial charge in [-0.15, -0.1) is 0 Å². The number of anilines is 1. The standard InChI is InChI=1S/C25H22N2O2/c1-18-11-12-24(19(2)13-18)27-25(28)22(16-26)14-21-9-6-10-23(15-21)29-17-20-7-4-3-5-8-20/h3-15H,17H2,1-2H3,(H,27,28)/b22-14+. The van der Waals surface area contributed by atoms with E-state index < -0.39 is 5.91 Å². The summed E-state index contributed by atoms with van der Waals surface area (Å²) >= 11 is 0. The fourth-order valence-corrected chi connectivity index (χ4v) is 2.89. The van der Waals surface area contributed by atoms with Crippen LogP contribution in [0.1, 0.15) is 22.3 Å². The topological polar surface area (TPSA) is 62.1 Å². The van der Waals surface area contributed by atoms with E-state index in [4.69, 9.17) is 4.74 Å². The molecule has 0 aliphatic heterocycles. The molecule has 0 aliphatic carbocycles. The lowest BCUT2D eigenvalue weighted by atomic mass is 10.1. The lowest BCUT2D eigenvalue weighted by Gasteiger charge is -2.09. The zero-order valence-electron chi connectivity index (χ0n) is 16.5. The molecular weight excluding hydrogens is 360 g/mol. The van der Waals surface area contributed by atoms with Gasteiger partial charge < -0.3 is 10.1 Å². The number of carbonyl (C=O) groups excluding carboxylic acids is 1. The Bertz CT molecular complexity index is 1080. The van der Waals surface area contributed by atoms with Crippen molar-refractivity contribution in [1.82, 2.24) is 0 Å². The molecule has 144 valence electrons. The van der Waals surface area contributed by atoms with Gasteiger partial charge in [-0.2, -0.15) is 5.26 Å². The molecule has 3 aromatic carbocycles. The first kappa shape index (κ1) is 19.9. The van der Waals surface area contributed by atoms with E-state index in [0.29, 0.717) is 18.0 Å². The number of aryl methyl sites for hydroxylation is 2. The number of rotatable bonds is 6. The SMILES string of the molecule is Cc1ccc(NC(=O)/C(C#N)=C/c2cccc(OCc3ccccc3)c2)c(C)c1. The Hall–Kier alpha value is -3.84. The van der Waals surface area contributed by atoms with Crippen LogP contribution in [0.2, 0.25) is 0 Å². The number of nitrogens with zero attached hydrogens (tertiary/aromatic N) is 1. The Morgan fingerprint density at radius 3 is 2.55 bits per heavy atom. The van der Waals surface area contributed by atoms with Crippen LogP contribution in [0.25, 0.3) is 6.08 Å². The van der Waals surface area contributed by atoms with Crippen LogP contribution in [0, 0.1) is 25.2 Å². The molecule has 0 fully saturated rings. The summed E-state index contributed by atoms with van der Waals surface area (Å²) < 4.78 is 5.82. The Morgan fingerprint density at radius 1 is 1.03 bits per heavy atom. The maximum atomic E-state index is 12.5. The van der Waals surface area contributed by atoms with E-state index in [-0.39, 0.29) is 5.57 Å². The summed E-state index contributed by atoms with van der Waals surface area (Å²) in [6.45, 7) is 4.37. The van der Waals surface area contributed by atoms with E-state index >= 15 is 0 Å². The van der Waals surface area contributed by atoms with Crippen molar-refractivity contribution < 1.29 is 9.53 Å². The van der Waals surface area contributed by atoms with Gasteiger partial charge in [-0.1, -0.05) is 60.2 Å². The van der Waals surface area contributed by atoms with Gasteiger partial charge in [-0.25, -0.2) is 0 Å². The number of nitrogens with one attached hydrogen (secondary N) is 1. The van der Waals surface area contributed by atoms with Gasteiger partial charge in [-0.3, -0.25) is 4.79 Å². The lowest BCUT2D eigenvalue weighted by molar-refractivity contribution is -0.112. The number of nitriles is 1. The van der Waals surface area contributed by atoms with Crippen molar-refractivity contribution in [2.45, 2.75) is 20.5 Å². The highest BCUT2D eigenvalue weighted by atomic mass is 16.5. The smallest absolute Gasteiger partial charge is 0.266 e. The minimum absolute atomic E-state index is 0.0326. The fraction of sp³-hybridized carbons (Fsp3) is 0.120. The van der Waals surface area contributed by atoms with Crippen molar-refractivity contribution in [1.29, 1.82) is 5.26 Å². The number of ether oxygens (including phenoxy) is 1. The molecule has 0 bridgehead atoms. The number of hydrogen-bond donors (Lipinski definition) is 1. The molecule has 0 heterocycles. The number of carbonyl (C=O) groups is 1. The predicted octanol–water partition coefficient (Wildman–Crippen LogP) is 5.43. The van der Waals surface area contributed by atoms with Gasteiger partial charge in [0.25, 0.3) is 5.91 Å². The maximum absolute atomic E-state index is 12.5. The molecule has 0 unspecified atom stereocenters. The molecule has 0 atom stereocenters. The van der Waals surface area contributed by atoms with E-state index in [0.717, 1.165) is 22.3 Å². The summed E-state index contributed by atoms with van der Waals surface area (Å²) in [5.41, 5.74) is 4.59. The van der Waals surface area contributed by atoms with Gasteiger partial charge in [-0.05, 0) is 54.8 Å². The fourth-order valence-electron chi connectivity index (χ4n) is 2.89. The van der Waals surface area contributed by atoms with E-state index in [2.05, 4.69) is 5.32 Å². The van der Waals surface area contributed by atoms with Crippen LogP contribution in [-0.4, -0.2) is 5.91 Å². The van der Waals surface area contributed by atoms with Crippen molar-refractivity contribution in [2.24, 2.45) is 0 Å². The molecule has 0 saturated carbocycles. The molecule has 0 saturated heterocycles. The second kappa shape index (κ2) is 9.38. The average molecular weight is 382 g/mol. The van der Waals surface area contributed by atoms with Crippen molar-refractivity contribution in [3.05, 3.63) is 101 Å². The second-order valence-electron chi connectivity index (χ2n) is 6.79. The average Bonchev–Trinajstić information content (AvgIpc) is 2.73. The summed E-state index contributed by atoms with van der Waals surface area (Å²) in [5.74, 6) is 0.241. The van der Waals surface area contributed by atoms with Crippen molar-refractivity contribution >= 4 is 17.7 Å². The first-order chi connectivity index (χ1) is 14.0. The van der Waals surface area contributed by atoms with Gasteiger partial charge in [0.05, 0.1) is 0 Å². The predicted molar refractivity (Wildman–Crippen MR) is 115 cm³/mol. The van der Waals surface area contributed by atoms with E-state index in [9.17, 15) is 10.1 Å². The molecule has 1 amide bonds. The summed E-state index contributed by atoms with van der Waals surface area (Å²) in [6.07, 6.45) is 1.56. The number of amides is 1. The summed E-state index contributed by atoms with van der Waals surface area (Å²) in [6, 6.07) is 24.9. The third-order valence-electron chi connectivity index (χ3n) is 4.41. The molecule has 4 heteroatoms. The minimum atomic E-state index is -0.435. The molecule has 0 aromatic heterocycles. The highest BCUT2D eigenvalue weighted by Gasteiger charge is 2.11. The van der Waals surface area contributed by atoms with Crippen LogP contribution in [0.15, 0.2) is 78.4 Å². The Balaban J connectivity index is 1.73. The zero-order chi connectivity index (χ0) is 20.6. The summed E-state index contributed by atoms with van der Waals surface area (Å²) in [5, 5.41) is 12.3. The molecule has 0 radical (unpaired) electrons. The van der Waals surface area contributed by atoms with Gasteiger partial charge in [0.1, 0.15) is 24.0 Å². The van der Waals surface area contributed by atoms with Gasteiger partial charge in [0.15, 0.2) is 0 Å². The Labute approximate surface area is 171 Å². The van der Waals surface area contributed by atoms with Crippen molar-refractivity contribution in [2.75, 3.05) is 5.32 Å². The lowest BCUT2D eigenvalue weighted by Crippen LogP contribution is -2.14. The second-order valence-corrected chi connectivity index (χ2v) is 6.79. The monoisotopic (exact) mass is 382 g/mol. The first-order valence-electron chi connectivity index (χ1n) is 9.32. The van der Waals surface area contributed by atoms with Crippen LogP contribution < -0.4 is 10.1 Å². The number of hydrogen-bond acceptors (Lipinski definition) is 3. The van der Waals surface area contributed by atoms with Crippen LogP contribution >= 0.6 is 0 Å². The van der Waals surface area contributed by atoms with Gasteiger partial charge >= 0.3 is 0 Å². The molecule has 0 aliphatic rings. The van der Waals surface area contributed by atoms with Crippen LogP contribution in [-0.2, 0) is 11.4 Å². The van der Waals surface area contributed by atoms with Gasteiger partial charge in [0.2, 0.25) is 0 Å². The highest BCUT2D eigenvalue weighted by Crippen LogP contribution is 2.20. The quantitative estimate of drug-likeness (QED) is 0.457. The third kappa shape index (κ3) is 5.57. The molecule has 0 spiro atoms. The normalized spacial score (nSPS) is 10.9. The largest absolute Gasteiger partial charge is 0.489 e. The van der Waals surface area contributed by atoms with Crippen LogP contribution in [0.5, 0.6) is 5.75 Å². The van der Waals surface area contributed by atoms with E-state index in [1.807, 2.05) is 92.7 Å². The van der Waals surface area contributed by atoms with E-state index in [1.165, 1.54) is 0 Å². The highest BCUT2D eigenvalue weighted by molar-refractivity contribution is 6.10. The van der Waals surface area contributed by atoms with Gasteiger partial charge in [0, 0.05) is 5.69 Å². The Kier molecular flexibility index (Phi) is 6.44. The van der Waals surface area contributed by atoms with E-state index in [1.54, 1.807) is 6.08 Å². The molecular formula is C25H22N2O2. The Morgan fingerprint density at radius 2 is 1.83 bits per heavy atom. The third-order valence-corrected chi connectivity index (χ3v) is 4.41. The number of benzene rings is 3. The minimum Gasteiger partial charge on any atom is -0.489 e. The van der Waals surface area contributed by atoms with Crippen LogP contribution in [0.4, 0.5) is 5.69 Å². The summed E-state index contributed by atoms with van der Waals surface area (Å²) in [4.78, 5) is 12.5. The van der Waals surface area contributed by atoms with Crippen molar-refractivity contribution in [3.8, 4) is 11.8 Å².